The molecule has 4 nitrogen and oxygen atoms in total. The van der Waals surface area contributed by atoms with Crippen LogP contribution in [0.3, 0.4) is 0 Å². The molecule has 0 radical (unpaired) electrons. The highest BCUT2D eigenvalue weighted by Gasteiger charge is 2.33. The first kappa shape index (κ1) is 16.9. The van der Waals surface area contributed by atoms with Crippen LogP contribution in [0.25, 0.3) is 0 Å². The SMILES string of the molecule is CCCC(=CC(=O)O)C(=O)O[Si](CC)(CC)CC. The molecule has 0 aliphatic rings. The zero-order valence-electron chi connectivity index (χ0n) is 11.8. The zero-order valence-corrected chi connectivity index (χ0v) is 12.8. The number of carbonyl (C=O) groups excluding carboxylic acids is 1. The monoisotopic (exact) mass is 272 g/mol. The topological polar surface area (TPSA) is 63.6 Å². The molecule has 0 saturated heterocycles. The number of hydrogen-bond donors (Lipinski definition) is 1. The number of carbonyl (C=O) groups is 2. The van der Waals surface area contributed by atoms with Crippen molar-refractivity contribution in [1.82, 2.24) is 0 Å². The van der Waals surface area contributed by atoms with E-state index in [0.717, 1.165) is 30.6 Å². The Hall–Kier alpha value is -1.10. The first-order valence-corrected chi connectivity index (χ1v) is 9.14. The number of rotatable bonds is 8. The first-order chi connectivity index (χ1) is 8.44. The minimum absolute atomic E-state index is 0.275. The summed E-state index contributed by atoms with van der Waals surface area (Å²) in [6, 6.07) is 2.62. The Morgan fingerprint density at radius 2 is 1.61 bits per heavy atom. The maximum atomic E-state index is 12.0. The van der Waals surface area contributed by atoms with Crippen LogP contribution < -0.4 is 0 Å². The van der Waals surface area contributed by atoms with E-state index in [9.17, 15) is 9.59 Å². The summed E-state index contributed by atoms with van der Waals surface area (Å²) in [5.74, 6) is -1.52. The summed E-state index contributed by atoms with van der Waals surface area (Å²) in [7, 11) is -2.01. The van der Waals surface area contributed by atoms with Gasteiger partial charge in [0.05, 0.1) is 0 Å². The third-order valence-corrected chi connectivity index (χ3v) is 7.81. The Morgan fingerprint density at radius 1 is 1.11 bits per heavy atom. The van der Waals surface area contributed by atoms with E-state index in [1.807, 2.05) is 27.7 Å². The molecule has 0 saturated carbocycles. The number of hydrogen-bond acceptors (Lipinski definition) is 3. The van der Waals surface area contributed by atoms with Crippen molar-refractivity contribution >= 4 is 20.3 Å². The molecule has 0 amide bonds. The molecular formula is C13H24O4Si. The summed E-state index contributed by atoms with van der Waals surface area (Å²) in [4.78, 5) is 22.7. The fraction of sp³-hybridized carbons (Fsp3) is 0.692. The van der Waals surface area contributed by atoms with E-state index in [1.165, 1.54) is 0 Å². The molecule has 0 aromatic rings. The van der Waals surface area contributed by atoms with Gasteiger partial charge in [-0.3, -0.25) is 0 Å². The minimum atomic E-state index is -2.01. The third-order valence-electron chi connectivity index (χ3n) is 3.32. The second kappa shape index (κ2) is 8.08. The maximum absolute atomic E-state index is 12.0. The smallest absolute Gasteiger partial charge is 0.328 e. The van der Waals surface area contributed by atoms with E-state index < -0.39 is 20.3 Å². The minimum Gasteiger partial charge on any atom is -0.516 e. The van der Waals surface area contributed by atoms with E-state index in [-0.39, 0.29) is 5.57 Å². The highest BCUT2D eigenvalue weighted by atomic mass is 28.4. The molecular weight excluding hydrogens is 248 g/mol. The van der Waals surface area contributed by atoms with Gasteiger partial charge < -0.3 is 9.53 Å². The van der Waals surface area contributed by atoms with Crippen LogP contribution in [0.5, 0.6) is 0 Å². The summed E-state index contributed by atoms with van der Waals surface area (Å²) in [6.45, 7) is 8.01. The Morgan fingerprint density at radius 3 is 1.94 bits per heavy atom. The lowest BCUT2D eigenvalue weighted by Crippen LogP contribution is -2.38. The molecule has 0 aromatic carbocycles. The van der Waals surface area contributed by atoms with Gasteiger partial charge in [-0.25, -0.2) is 9.59 Å². The Balaban J connectivity index is 4.94. The van der Waals surface area contributed by atoms with Crippen LogP contribution in [0.15, 0.2) is 11.6 Å². The molecule has 0 unspecified atom stereocenters. The molecule has 0 heterocycles. The Bertz CT molecular complexity index is 311. The Labute approximate surface area is 110 Å². The van der Waals surface area contributed by atoms with Gasteiger partial charge in [-0.2, -0.15) is 0 Å². The molecule has 0 aliphatic heterocycles. The van der Waals surface area contributed by atoms with Gasteiger partial charge in [0.25, 0.3) is 8.32 Å². The molecule has 0 fully saturated rings. The van der Waals surface area contributed by atoms with Gasteiger partial charge in [0.15, 0.2) is 0 Å². The maximum Gasteiger partial charge on any atom is 0.328 e. The highest BCUT2D eigenvalue weighted by Crippen LogP contribution is 2.23. The van der Waals surface area contributed by atoms with E-state index in [0.29, 0.717) is 6.42 Å². The first-order valence-electron chi connectivity index (χ1n) is 6.61. The predicted molar refractivity (Wildman–Crippen MR) is 73.9 cm³/mol. The fourth-order valence-electron chi connectivity index (χ4n) is 1.88. The summed E-state index contributed by atoms with van der Waals surface area (Å²) in [5.41, 5.74) is 0.275. The van der Waals surface area contributed by atoms with Gasteiger partial charge in [-0.05, 0) is 24.6 Å². The lowest BCUT2D eigenvalue weighted by molar-refractivity contribution is -0.134. The molecule has 104 valence electrons. The van der Waals surface area contributed by atoms with Crippen molar-refractivity contribution in [3.8, 4) is 0 Å². The summed E-state index contributed by atoms with van der Waals surface area (Å²) in [6.07, 6.45) is 2.16. The van der Waals surface area contributed by atoms with Crippen molar-refractivity contribution in [2.24, 2.45) is 0 Å². The van der Waals surface area contributed by atoms with Crippen LogP contribution >= 0.6 is 0 Å². The molecule has 5 heteroatoms. The van der Waals surface area contributed by atoms with E-state index in [1.54, 1.807) is 0 Å². The average Bonchev–Trinajstić information content (AvgIpc) is 2.35. The van der Waals surface area contributed by atoms with Crippen molar-refractivity contribution in [2.45, 2.75) is 58.7 Å². The molecule has 0 atom stereocenters. The summed E-state index contributed by atoms with van der Waals surface area (Å²) < 4.78 is 5.67. The molecule has 1 N–H and O–H groups in total. The van der Waals surface area contributed by atoms with Gasteiger partial charge in [0, 0.05) is 11.6 Å². The number of carboxylic acid groups (broad SMARTS) is 1. The predicted octanol–water partition coefficient (Wildman–Crippen LogP) is 3.35. The second-order valence-electron chi connectivity index (χ2n) is 4.39. The Kier molecular flexibility index (Phi) is 7.58. The van der Waals surface area contributed by atoms with Gasteiger partial charge in [0.2, 0.25) is 0 Å². The van der Waals surface area contributed by atoms with Crippen molar-refractivity contribution < 1.29 is 19.1 Å². The lowest BCUT2D eigenvalue weighted by atomic mass is 10.1. The van der Waals surface area contributed by atoms with Gasteiger partial charge in [0.1, 0.15) is 0 Å². The van der Waals surface area contributed by atoms with Crippen LogP contribution in [0, 0.1) is 0 Å². The molecule has 0 bridgehead atoms. The van der Waals surface area contributed by atoms with E-state index in [2.05, 4.69) is 0 Å². The molecule has 18 heavy (non-hydrogen) atoms. The van der Waals surface area contributed by atoms with Crippen LogP contribution in [0.4, 0.5) is 0 Å². The van der Waals surface area contributed by atoms with Crippen molar-refractivity contribution in [2.75, 3.05) is 0 Å². The van der Waals surface area contributed by atoms with E-state index >= 15 is 0 Å². The summed E-state index contributed by atoms with van der Waals surface area (Å²) >= 11 is 0. The average molecular weight is 272 g/mol. The quantitative estimate of drug-likeness (QED) is 0.543. The van der Waals surface area contributed by atoms with Crippen LogP contribution in [0.1, 0.15) is 40.5 Å². The largest absolute Gasteiger partial charge is 0.516 e. The molecule has 0 aliphatic carbocycles. The fourth-order valence-corrected chi connectivity index (χ4v) is 4.34. The van der Waals surface area contributed by atoms with Crippen molar-refractivity contribution in [1.29, 1.82) is 0 Å². The number of aliphatic carboxylic acids is 1. The lowest BCUT2D eigenvalue weighted by Gasteiger charge is -2.28. The van der Waals surface area contributed by atoms with E-state index in [4.69, 9.17) is 9.53 Å². The van der Waals surface area contributed by atoms with Crippen LogP contribution in [-0.4, -0.2) is 25.4 Å². The number of carboxylic acids is 1. The zero-order chi connectivity index (χ0) is 14.2. The third kappa shape index (κ3) is 5.04. The van der Waals surface area contributed by atoms with Gasteiger partial charge >= 0.3 is 11.9 Å². The standard InChI is InChI=1S/C13H24O4Si/c1-5-9-11(10-12(14)15)13(16)17-18(6-2,7-3)8-4/h10H,5-9H2,1-4H3,(H,14,15). The second-order valence-corrected chi connectivity index (χ2v) is 9.08. The van der Waals surface area contributed by atoms with Gasteiger partial charge in [-0.15, -0.1) is 0 Å². The van der Waals surface area contributed by atoms with Crippen LogP contribution in [-0.2, 0) is 14.0 Å². The molecule has 0 spiro atoms. The van der Waals surface area contributed by atoms with Crippen molar-refractivity contribution in [3.05, 3.63) is 11.6 Å². The van der Waals surface area contributed by atoms with Crippen LogP contribution in [0.2, 0.25) is 18.1 Å². The normalized spacial score (nSPS) is 12.3. The van der Waals surface area contributed by atoms with Gasteiger partial charge in [-0.1, -0.05) is 34.1 Å². The summed E-state index contributed by atoms with van der Waals surface area (Å²) in [5, 5.41) is 8.76. The molecule has 0 rings (SSSR count). The van der Waals surface area contributed by atoms with Crippen molar-refractivity contribution in [3.63, 3.8) is 0 Å². The highest BCUT2D eigenvalue weighted by molar-refractivity contribution is 6.75. The molecule has 0 aromatic heterocycles.